The predicted octanol–water partition coefficient (Wildman–Crippen LogP) is 2.76. The van der Waals surface area contributed by atoms with E-state index in [0.717, 1.165) is 5.56 Å². The van der Waals surface area contributed by atoms with Crippen LogP contribution in [0.2, 0.25) is 0 Å². The largest absolute Gasteiger partial charge is 0.395 e. The van der Waals surface area contributed by atoms with Gasteiger partial charge in [-0.2, -0.15) is 0 Å². The summed E-state index contributed by atoms with van der Waals surface area (Å²) < 4.78 is 24.2. The molecule has 1 N–H and O–H groups in total. The normalized spacial score (nSPS) is 12.1. The zero-order valence-corrected chi connectivity index (χ0v) is 9.00. The van der Waals surface area contributed by atoms with Crippen LogP contribution in [0.5, 0.6) is 0 Å². The van der Waals surface area contributed by atoms with Gasteiger partial charge in [0.2, 0.25) is 6.43 Å². The Balaban J connectivity index is 2.81. The molecule has 0 fully saturated rings. The van der Waals surface area contributed by atoms with Crippen molar-refractivity contribution < 1.29 is 13.9 Å². The standard InChI is InChI=1S/C12H16F2O/c1-12(2,8-15)10-5-3-9(4-6-10)7-11(13)14/h3-6,11,15H,7-8H2,1-2H3. The summed E-state index contributed by atoms with van der Waals surface area (Å²) in [4.78, 5) is 0. The summed E-state index contributed by atoms with van der Waals surface area (Å²) in [5, 5.41) is 9.14. The summed E-state index contributed by atoms with van der Waals surface area (Å²) in [6.45, 7) is 3.87. The van der Waals surface area contributed by atoms with Gasteiger partial charge in [-0.15, -0.1) is 0 Å². The average Bonchev–Trinajstić information content (AvgIpc) is 2.18. The Morgan fingerprint density at radius 1 is 1.20 bits per heavy atom. The number of halogens is 2. The van der Waals surface area contributed by atoms with E-state index in [1.54, 1.807) is 24.3 Å². The maximum atomic E-state index is 12.1. The molecular formula is C12H16F2O. The molecule has 0 saturated heterocycles. The van der Waals surface area contributed by atoms with Gasteiger partial charge in [0, 0.05) is 11.8 Å². The van der Waals surface area contributed by atoms with E-state index >= 15 is 0 Å². The Morgan fingerprint density at radius 2 is 1.73 bits per heavy atom. The second-order valence-electron chi connectivity index (χ2n) is 4.33. The van der Waals surface area contributed by atoms with Gasteiger partial charge in [-0.25, -0.2) is 8.78 Å². The van der Waals surface area contributed by atoms with Crippen LogP contribution in [0.1, 0.15) is 25.0 Å². The van der Waals surface area contributed by atoms with Crippen molar-refractivity contribution in [2.24, 2.45) is 0 Å². The molecule has 0 amide bonds. The van der Waals surface area contributed by atoms with Crippen LogP contribution in [0, 0.1) is 0 Å². The number of alkyl halides is 2. The monoisotopic (exact) mass is 214 g/mol. The number of aliphatic hydroxyl groups excluding tert-OH is 1. The highest BCUT2D eigenvalue weighted by Crippen LogP contribution is 2.23. The number of hydrogen-bond acceptors (Lipinski definition) is 1. The number of rotatable bonds is 4. The van der Waals surface area contributed by atoms with Gasteiger partial charge in [-0.3, -0.25) is 0 Å². The molecule has 15 heavy (non-hydrogen) atoms. The quantitative estimate of drug-likeness (QED) is 0.817. The van der Waals surface area contributed by atoms with Gasteiger partial charge < -0.3 is 5.11 Å². The van der Waals surface area contributed by atoms with Gasteiger partial charge in [0.05, 0.1) is 6.61 Å². The lowest BCUT2D eigenvalue weighted by Gasteiger charge is -2.22. The van der Waals surface area contributed by atoms with Crippen LogP contribution in [-0.2, 0) is 11.8 Å². The van der Waals surface area contributed by atoms with E-state index in [9.17, 15) is 8.78 Å². The van der Waals surface area contributed by atoms with Gasteiger partial charge in [0.15, 0.2) is 0 Å². The molecule has 1 aromatic rings. The third kappa shape index (κ3) is 3.27. The molecule has 0 heterocycles. The van der Waals surface area contributed by atoms with E-state index in [1.807, 2.05) is 13.8 Å². The second kappa shape index (κ2) is 4.71. The molecule has 0 unspecified atom stereocenters. The molecule has 3 heteroatoms. The fourth-order valence-corrected chi connectivity index (χ4v) is 1.36. The topological polar surface area (TPSA) is 20.2 Å². The number of aliphatic hydroxyl groups is 1. The number of benzene rings is 1. The first-order valence-electron chi connectivity index (χ1n) is 4.94. The van der Waals surface area contributed by atoms with E-state index in [2.05, 4.69) is 0 Å². The van der Waals surface area contributed by atoms with Crippen LogP contribution < -0.4 is 0 Å². The fraction of sp³-hybridized carbons (Fsp3) is 0.500. The molecular weight excluding hydrogens is 198 g/mol. The van der Waals surface area contributed by atoms with Crippen LogP contribution in [0.15, 0.2) is 24.3 Å². The van der Waals surface area contributed by atoms with Gasteiger partial charge in [-0.05, 0) is 11.1 Å². The maximum absolute atomic E-state index is 12.1. The molecule has 0 saturated carbocycles. The van der Waals surface area contributed by atoms with Crippen LogP contribution >= 0.6 is 0 Å². The molecule has 0 bridgehead atoms. The molecule has 0 aliphatic carbocycles. The minimum absolute atomic E-state index is 0.0429. The lowest BCUT2D eigenvalue weighted by Crippen LogP contribution is -2.21. The highest BCUT2D eigenvalue weighted by atomic mass is 19.3. The van der Waals surface area contributed by atoms with Crippen molar-refractivity contribution in [3.8, 4) is 0 Å². The van der Waals surface area contributed by atoms with Gasteiger partial charge in [-0.1, -0.05) is 38.1 Å². The summed E-state index contributed by atoms with van der Waals surface area (Å²) in [5.41, 5.74) is 1.27. The molecule has 0 aromatic heterocycles. The molecule has 0 spiro atoms. The van der Waals surface area contributed by atoms with E-state index in [4.69, 9.17) is 5.11 Å². The highest BCUT2D eigenvalue weighted by Gasteiger charge is 2.18. The second-order valence-corrected chi connectivity index (χ2v) is 4.33. The molecule has 84 valence electrons. The zero-order chi connectivity index (χ0) is 11.5. The third-order valence-corrected chi connectivity index (χ3v) is 2.52. The Labute approximate surface area is 88.7 Å². The van der Waals surface area contributed by atoms with Crippen molar-refractivity contribution in [3.63, 3.8) is 0 Å². The summed E-state index contributed by atoms with van der Waals surface area (Å²) >= 11 is 0. The van der Waals surface area contributed by atoms with Crippen molar-refractivity contribution in [1.29, 1.82) is 0 Å². The van der Waals surface area contributed by atoms with E-state index in [1.165, 1.54) is 0 Å². The highest BCUT2D eigenvalue weighted by molar-refractivity contribution is 5.28. The Kier molecular flexibility index (Phi) is 3.80. The first-order chi connectivity index (χ1) is 6.95. The van der Waals surface area contributed by atoms with Gasteiger partial charge >= 0.3 is 0 Å². The van der Waals surface area contributed by atoms with Crippen LogP contribution in [0.4, 0.5) is 8.78 Å². The van der Waals surface area contributed by atoms with E-state index < -0.39 is 6.43 Å². The van der Waals surface area contributed by atoms with Crippen molar-refractivity contribution in [3.05, 3.63) is 35.4 Å². The summed E-state index contributed by atoms with van der Waals surface area (Å²) in [6.07, 6.45) is -2.51. The summed E-state index contributed by atoms with van der Waals surface area (Å²) in [6, 6.07) is 6.99. The Morgan fingerprint density at radius 3 is 2.13 bits per heavy atom. The van der Waals surface area contributed by atoms with Crippen molar-refractivity contribution in [1.82, 2.24) is 0 Å². The predicted molar refractivity (Wildman–Crippen MR) is 56.3 cm³/mol. The van der Waals surface area contributed by atoms with Crippen molar-refractivity contribution >= 4 is 0 Å². The Hall–Kier alpha value is -0.960. The van der Waals surface area contributed by atoms with E-state index in [0.29, 0.717) is 5.56 Å². The Bertz CT molecular complexity index is 304. The average molecular weight is 214 g/mol. The van der Waals surface area contributed by atoms with E-state index in [-0.39, 0.29) is 18.4 Å². The molecule has 1 aromatic carbocycles. The molecule has 0 aliphatic heterocycles. The van der Waals surface area contributed by atoms with Crippen LogP contribution in [0.25, 0.3) is 0 Å². The number of hydrogen-bond donors (Lipinski definition) is 1. The lowest BCUT2D eigenvalue weighted by molar-refractivity contribution is 0.149. The summed E-state index contributed by atoms with van der Waals surface area (Å²) in [5.74, 6) is 0. The van der Waals surface area contributed by atoms with Gasteiger partial charge in [0.25, 0.3) is 0 Å². The van der Waals surface area contributed by atoms with Gasteiger partial charge in [0.1, 0.15) is 0 Å². The minimum Gasteiger partial charge on any atom is -0.395 e. The molecule has 0 aliphatic rings. The van der Waals surface area contributed by atoms with Crippen molar-refractivity contribution in [2.75, 3.05) is 6.61 Å². The summed E-state index contributed by atoms with van der Waals surface area (Å²) in [7, 11) is 0. The maximum Gasteiger partial charge on any atom is 0.242 e. The van der Waals surface area contributed by atoms with Crippen LogP contribution in [0.3, 0.4) is 0 Å². The first kappa shape index (κ1) is 12.1. The molecule has 1 nitrogen and oxygen atoms in total. The van der Waals surface area contributed by atoms with Crippen LogP contribution in [-0.4, -0.2) is 18.1 Å². The minimum atomic E-state index is -2.30. The SMILES string of the molecule is CC(C)(CO)c1ccc(CC(F)F)cc1. The fourth-order valence-electron chi connectivity index (χ4n) is 1.36. The molecule has 0 radical (unpaired) electrons. The smallest absolute Gasteiger partial charge is 0.242 e. The molecule has 0 atom stereocenters. The lowest BCUT2D eigenvalue weighted by atomic mass is 9.85. The molecule has 1 rings (SSSR count). The third-order valence-electron chi connectivity index (χ3n) is 2.52. The first-order valence-corrected chi connectivity index (χ1v) is 4.94. The van der Waals surface area contributed by atoms with Crippen molar-refractivity contribution in [2.45, 2.75) is 32.1 Å². The zero-order valence-electron chi connectivity index (χ0n) is 9.00.